The van der Waals surface area contributed by atoms with Crippen molar-refractivity contribution < 1.29 is 4.90 Å². The van der Waals surface area contributed by atoms with Crippen molar-refractivity contribution in [2.45, 2.75) is 13.8 Å². The molecule has 1 N–H and O–H groups in total. The van der Waals surface area contributed by atoms with Crippen molar-refractivity contribution in [2.24, 2.45) is 0 Å². The summed E-state index contributed by atoms with van der Waals surface area (Å²) in [5.74, 6) is 1.98. The van der Waals surface area contributed by atoms with Gasteiger partial charge in [-0.1, -0.05) is 30.3 Å². The molecule has 5 heteroatoms. The molecule has 3 heterocycles. The lowest BCUT2D eigenvalue weighted by molar-refractivity contribution is -0.898. The Morgan fingerprint density at radius 2 is 1.88 bits per heavy atom. The first-order chi connectivity index (χ1) is 11.7. The Morgan fingerprint density at radius 3 is 2.58 bits per heavy atom. The number of hydrogen-bond acceptors (Lipinski definition) is 4. The maximum Gasteiger partial charge on any atom is 0.141 e. The van der Waals surface area contributed by atoms with E-state index in [9.17, 15) is 0 Å². The minimum atomic E-state index is 0.865. The molecule has 0 aliphatic carbocycles. The number of fused-ring (bicyclic) bond motifs is 1. The molecule has 0 atom stereocenters. The molecule has 2 aromatic heterocycles. The molecule has 4 nitrogen and oxygen atoms in total. The molecule has 0 unspecified atom stereocenters. The Balaban J connectivity index is 1.74. The van der Waals surface area contributed by atoms with Crippen LogP contribution in [0.4, 0.5) is 5.82 Å². The number of thiophene rings is 1. The number of nitrogens with one attached hydrogen (secondary N) is 1. The van der Waals surface area contributed by atoms with Crippen LogP contribution >= 0.6 is 11.3 Å². The highest BCUT2D eigenvalue weighted by Gasteiger charge is 2.23. The summed E-state index contributed by atoms with van der Waals surface area (Å²) in [5.41, 5.74) is 1.25. The molecular weight excluding hydrogens is 316 g/mol. The van der Waals surface area contributed by atoms with Gasteiger partial charge in [0.05, 0.1) is 38.1 Å². The first-order valence-corrected chi connectivity index (χ1v) is 9.48. The molecule has 0 spiro atoms. The summed E-state index contributed by atoms with van der Waals surface area (Å²) in [6.07, 6.45) is 0. The van der Waals surface area contributed by atoms with Crippen LogP contribution in [0.2, 0.25) is 0 Å². The molecule has 0 amide bonds. The van der Waals surface area contributed by atoms with Crippen LogP contribution in [0.15, 0.2) is 36.4 Å². The van der Waals surface area contributed by atoms with Gasteiger partial charge in [-0.2, -0.15) is 0 Å². The fraction of sp³-hybridized carbons (Fsp3) is 0.368. The van der Waals surface area contributed by atoms with Gasteiger partial charge >= 0.3 is 0 Å². The SMILES string of the molecule is CC[NH+]1CCN(c2nc(C)nc3sc(-c4ccccc4)cc23)CC1. The zero-order valence-corrected chi connectivity index (χ0v) is 15.1. The molecule has 1 saturated heterocycles. The lowest BCUT2D eigenvalue weighted by Gasteiger charge is -2.32. The average Bonchev–Trinajstić information content (AvgIpc) is 3.06. The van der Waals surface area contributed by atoms with E-state index < -0.39 is 0 Å². The van der Waals surface area contributed by atoms with Crippen LogP contribution in [0.5, 0.6) is 0 Å². The number of nitrogens with zero attached hydrogens (tertiary/aromatic N) is 3. The number of benzene rings is 1. The Kier molecular flexibility index (Phi) is 4.21. The van der Waals surface area contributed by atoms with E-state index >= 15 is 0 Å². The van der Waals surface area contributed by atoms with Gasteiger partial charge in [0, 0.05) is 4.88 Å². The molecule has 24 heavy (non-hydrogen) atoms. The van der Waals surface area contributed by atoms with Crippen LogP contribution < -0.4 is 9.80 Å². The largest absolute Gasteiger partial charge is 0.345 e. The molecule has 1 aliphatic rings. The fourth-order valence-electron chi connectivity index (χ4n) is 3.38. The zero-order valence-electron chi connectivity index (χ0n) is 14.2. The molecule has 1 fully saturated rings. The van der Waals surface area contributed by atoms with E-state index in [4.69, 9.17) is 4.98 Å². The molecule has 0 saturated carbocycles. The fourth-order valence-corrected chi connectivity index (χ4v) is 4.46. The van der Waals surface area contributed by atoms with E-state index in [1.165, 1.54) is 35.5 Å². The van der Waals surface area contributed by atoms with Crippen molar-refractivity contribution in [3.63, 3.8) is 0 Å². The van der Waals surface area contributed by atoms with E-state index in [0.29, 0.717) is 0 Å². The van der Waals surface area contributed by atoms with E-state index in [-0.39, 0.29) is 0 Å². The van der Waals surface area contributed by atoms with Crippen LogP contribution in [0.25, 0.3) is 20.7 Å². The van der Waals surface area contributed by atoms with E-state index in [1.54, 1.807) is 16.2 Å². The predicted molar refractivity (Wildman–Crippen MR) is 101 cm³/mol. The van der Waals surface area contributed by atoms with E-state index in [2.05, 4.69) is 53.2 Å². The number of aromatic nitrogens is 2. The minimum absolute atomic E-state index is 0.865. The topological polar surface area (TPSA) is 33.5 Å². The van der Waals surface area contributed by atoms with Crippen molar-refractivity contribution in [1.82, 2.24) is 9.97 Å². The van der Waals surface area contributed by atoms with Gasteiger partial charge in [0.15, 0.2) is 0 Å². The highest BCUT2D eigenvalue weighted by atomic mass is 32.1. The van der Waals surface area contributed by atoms with Gasteiger partial charge in [-0.3, -0.25) is 0 Å². The van der Waals surface area contributed by atoms with E-state index in [1.807, 2.05) is 6.92 Å². The second-order valence-electron chi connectivity index (χ2n) is 6.38. The average molecular weight is 339 g/mol. The standard InChI is InChI=1S/C19H22N4S/c1-3-22-9-11-23(12-10-22)18-16-13-17(15-7-5-4-6-8-15)24-19(16)21-14(2)20-18/h4-8,13H,3,9-12H2,1-2H3/p+1. The summed E-state index contributed by atoms with van der Waals surface area (Å²) in [6, 6.07) is 12.8. The predicted octanol–water partition coefficient (Wildman–Crippen LogP) is 2.39. The molecule has 1 aliphatic heterocycles. The second kappa shape index (κ2) is 6.49. The van der Waals surface area contributed by atoms with Crippen molar-refractivity contribution in [1.29, 1.82) is 0 Å². The highest BCUT2D eigenvalue weighted by Crippen LogP contribution is 2.36. The number of anilines is 1. The molecular formula is C19H23N4S+. The van der Waals surface area contributed by atoms with Gasteiger partial charge in [0.25, 0.3) is 0 Å². The summed E-state index contributed by atoms with van der Waals surface area (Å²) in [5, 5.41) is 1.20. The molecule has 0 bridgehead atoms. The van der Waals surface area contributed by atoms with Crippen LogP contribution in [0.1, 0.15) is 12.7 Å². The number of aryl methyl sites for hydroxylation is 1. The lowest BCUT2D eigenvalue weighted by Crippen LogP contribution is -3.14. The Bertz CT molecular complexity index is 835. The van der Waals surface area contributed by atoms with Gasteiger partial charge in [-0.15, -0.1) is 11.3 Å². The zero-order chi connectivity index (χ0) is 16.5. The lowest BCUT2D eigenvalue weighted by atomic mass is 10.2. The number of rotatable bonds is 3. The molecule has 1 aromatic carbocycles. The van der Waals surface area contributed by atoms with E-state index in [0.717, 1.165) is 29.6 Å². The van der Waals surface area contributed by atoms with Crippen LogP contribution in [0, 0.1) is 6.92 Å². The first kappa shape index (κ1) is 15.5. The molecule has 124 valence electrons. The molecule has 0 radical (unpaired) electrons. The van der Waals surface area contributed by atoms with Gasteiger partial charge < -0.3 is 9.80 Å². The van der Waals surface area contributed by atoms with Gasteiger partial charge in [-0.05, 0) is 25.5 Å². The molecule has 4 rings (SSSR count). The van der Waals surface area contributed by atoms with Crippen molar-refractivity contribution in [2.75, 3.05) is 37.6 Å². The number of hydrogen-bond donors (Lipinski definition) is 1. The number of likely N-dealkylation sites (N-methyl/N-ethyl adjacent to an activating group) is 1. The normalized spacial score (nSPS) is 16.0. The maximum absolute atomic E-state index is 4.80. The summed E-state index contributed by atoms with van der Waals surface area (Å²) in [4.78, 5) is 16.0. The highest BCUT2D eigenvalue weighted by molar-refractivity contribution is 7.21. The quantitative estimate of drug-likeness (QED) is 0.795. The summed E-state index contributed by atoms with van der Waals surface area (Å²) in [7, 11) is 0. The van der Waals surface area contributed by atoms with Crippen LogP contribution in [-0.2, 0) is 0 Å². The third kappa shape index (κ3) is 2.89. The Labute approximate surface area is 146 Å². The second-order valence-corrected chi connectivity index (χ2v) is 7.41. The minimum Gasteiger partial charge on any atom is -0.345 e. The maximum atomic E-state index is 4.80. The van der Waals surface area contributed by atoms with Crippen molar-refractivity contribution in [3.05, 3.63) is 42.2 Å². The summed E-state index contributed by atoms with van der Waals surface area (Å²) < 4.78 is 0. The van der Waals surface area contributed by atoms with Gasteiger partial charge in [-0.25, -0.2) is 9.97 Å². The van der Waals surface area contributed by atoms with Gasteiger partial charge in [0.2, 0.25) is 0 Å². The third-order valence-electron chi connectivity index (χ3n) is 4.81. The number of piperazine rings is 1. The smallest absolute Gasteiger partial charge is 0.141 e. The van der Waals surface area contributed by atoms with Gasteiger partial charge in [0.1, 0.15) is 16.5 Å². The first-order valence-electron chi connectivity index (χ1n) is 8.66. The third-order valence-corrected chi connectivity index (χ3v) is 5.89. The van der Waals surface area contributed by atoms with Crippen LogP contribution in [0.3, 0.4) is 0 Å². The Hall–Kier alpha value is -1.98. The number of quaternary nitrogens is 1. The van der Waals surface area contributed by atoms with Crippen molar-refractivity contribution in [3.8, 4) is 10.4 Å². The summed E-state index contributed by atoms with van der Waals surface area (Å²) >= 11 is 1.76. The van der Waals surface area contributed by atoms with Crippen molar-refractivity contribution >= 4 is 27.4 Å². The Morgan fingerprint density at radius 1 is 1.12 bits per heavy atom. The summed E-state index contributed by atoms with van der Waals surface area (Å²) in [6.45, 7) is 10.0. The monoisotopic (exact) mass is 339 g/mol. The van der Waals surface area contributed by atoms with Crippen LogP contribution in [-0.4, -0.2) is 42.7 Å². The molecule has 3 aromatic rings.